The molecule has 3 aromatic heterocycles. The van der Waals surface area contributed by atoms with Crippen LogP contribution in [-0.2, 0) is 11.3 Å². The molecular formula is C29H29FN6OS. The van der Waals surface area contributed by atoms with Gasteiger partial charge in [-0.2, -0.15) is 0 Å². The summed E-state index contributed by atoms with van der Waals surface area (Å²) in [5.41, 5.74) is 5.58. The van der Waals surface area contributed by atoms with Crippen LogP contribution in [0.2, 0.25) is 0 Å². The van der Waals surface area contributed by atoms with Crippen LogP contribution in [0, 0.1) is 19.7 Å². The Morgan fingerprint density at radius 2 is 1.84 bits per heavy atom. The Hall–Kier alpha value is -4.11. The number of benzene rings is 1. The monoisotopic (exact) mass is 528 g/mol. The Labute approximate surface area is 226 Å². The van der Waals surface area contributed by atoms with Gasteiger partial charge in [0.1, 0.15) is 5.82 Å². The summed E-state index contributed by atoms with van der Waals surface area (Å²) in [6.07, 6.45) is 5.52. The largest absolute Gasteiger partial charge is 0.352 e. The van der Waals surface area contributed by atoms with Crippen LogP contribution >= 0.6 is 12.2 Å². The van der Waals surface area contributed by atoms with E-state index in [2.05, 4.69) is 45.1 Å². The summed E-state index contributed by atoms with van der Waals surface area (Å²) >= 11 is 5.77. The standard InChI is InChI=1S/C29H29FN6OS/c1-19-17-22(20(2)36(19)18-21-10-14-31-15-11-21)28-27(25-9-5-6-13-32-25)34-29(38)35(28)16-12-26(37)33-24-8-4-3-7-23(24)30/h3-11,13-15,17,27-28H,12,16,18H2,1-2H3,(H,33,37)(H,34,38). The lowest BCUT2D eigenvalue weighted by Gasteiger charge is -2.28. The molecule has 4 aromatic rings. The zero-order valence-electron chi connectivity index (χ0n) is 21.3. The molecule has 7 nitrogen and oxygen atoms in total. The minimum atomic E-state index is -0.464. The third kappa shape index (κ3) is 5.28. The van der Waals surface area contributed by atoms with E-state index in [4.69, 9.17) is 12.2 Å². The van der Waals surface area contributed by atoms with Gasteiger partial charge in [-0.15, -0.1) is 0 Å². The molecule has 1 aliphatic heterocycles. The van der Waals surface area contributed by atoms with Crippen molar-refractivity contribution in [1.29, 1.82) is 0 Å². The van der Waals surface area contributed by atoms with Gasteiger partial charge in [0.2, 0.25) is 5.91 Å². The van der Waals surface area contributed by atoms with Crippen LogP contribution < -0.4 is 10.6 Å². The summed E-state index contributed by atoms with van der Waals surface area (Å²) in [4.78, 5) is 23.5. The van der Waals surface area contributed by atoms with Crippen molar-refractivity contribution in [2.75, 3.05) is 11.9 Å². The van der Waals surface area contributed by atoms with Crippen LogP contribution in [0.25, 0.3) is 0 Å². The molecule has 0 saturated carbocycles. The van der Waals surface area contributed by atoms with Crippen LogP contribution in [0.4, 0.5) is 10.1 Å². The lowest BCUT2D eigenvalue weighted by molar-refractivity contribution is -0.116. The van der Waals surface area contributed by atoms with Gasteiger partial charge in [0.15, 0.2) is 5.11 Å². The van der Waals surface area contributed by atoms with E-state index in [1.54, 1.807) is 36.8 Å². The molecule has 5 rings (SSSR count). The number of pyridine rings is 2. The number of halogens is 1. The fourth-order valence-corrected chi connectivity index (χ4v) is 5.36. The molecule has 0 aliphatic carbocycles. The van der Waals surface area contributed by atoms with Crippen LogP contribution in [0.15, 0.2) is 79.3 Å². The molecule has 2 N–H and O–H groups in total. The molecule has 1 saturated heterocycles. The van der Waals surface area contributed by atoms with E-state index in [9.17, 15) is 9.18 Å². The van der Waals surface area contributed by atoms with Crippen molar-refractivity contribution < 1.29 is 9.18 Å². The van der Waals surface area contributed by atoms with E-state index in [1.807, 2.05) is 35.2 Å². The SMILES string of the molecule is Cc1cc(C2C(c3ccccn3)NC(=S)N2CCC(=O)Nc2ccccc2F)c(C)n1Cc1ccncc1. The highest BCUT2D eigenvalue weighted by atomic mass is 32.1. The van der Waals surface area contributed by atoms with Crippen LogP contribution in [0.3, 0.4) is 0 Å². The van der Waals surface area contributed by atoms with E-state index >= 15 is 0 Å². The minimum absolute atomic E-state index is 0.150. The number of hydrogen-bond donors (Lipinski definition) is 2. The summed E-state index contributed by atoms with van der Waals surface area (Å²) in [7, 11) is 0. The number of carbonyl (C=O) groups is 1. The van der Waals surface area contributed by atoms with Gasteiger partial charge in [0, 0.05) is 49.5 Å². The molecule has 1 aromatic carbocycles. The molecule has 1 amide bonds. The van der Waals surface area contributed by atoms with Crippen LogP contribution in [-0.4, -0.2) is 37.0 Å². The second-order valence-electron chi connectivity index (χ2n) is 9.37. The lowest BCUT2D eigenvalue weighted by Crippen LogP contribution is -2.33. The van der Waals surface area contributed by atoms with Gasteiger partial charge in [-0.1, -0.05) is 18.2 Å². The first-order valence-corrected chi connectivity index (χ1v) is 12.9. The zero-order chi connectivity index (χ0) is 26.6. The van der Waals surface area contributed by atoms with E-state index < -0.39 is 5.82 Å². The smallest absolute Gasteiger partial charge is 0.226 e. The molecule has 0 bridgehead atoms. The van der Waals surface area contributed by atoms with Crippen molar-refractivity contribution >= 4 is 28.9 Å². The average Bonchev–Trinajstić information content (AvgIpc) is 3.40. The number of anilines is 1. The number of aryl methyl sites for hydroxylation is 1. The molecule has 4 heterocycles. The molecule has 1 aliphatic rings. The summed E-state index contributed by atoms with van der Waals surface area (Å²) in [5, 5.41) is 6.67. The molecule has 2 unspecified atom stereocenters. The van der Waals surface area contributed by atoms with E-state index in [-0.39, 0.29) is 30.1 Å². The topological polar surface area (TPSA) is 75.1 Å². The quantitative estimate of drug-likeness (QED) is 0.311. The molecule has 194 valence electrons. The van der Waals surface area contributed by atoms with E-state index in [1.165, 1.54) is 6.07 Å². The third-order valence-electron chi connectivity index (χ3n) is 6.95. The molecule has 1 fully saturated rings. The highest BCUT2D eigenvalue weighted by Gasteiger charge is 2.41. The fraction of sp³-hybridized carbons (Fsp3) is 0.241. The number of carbonyl (C=O) groups excluding carboxylic acids is 1. The van der Waals surface area contributed by atoms with Gasteiger partial charge in [-0.25, -0.2) is 4.39 Å². The zero-order valence-corrected chi connectivity index (χ0v) is 22.1. The van der Waals surface area contributed by atoms with Crippen molar-refractivity contribution in [3.63, 3.8) is 0 Å². The lowest BCUT2D eigenvalue weighted by atomic mass is 9.96. The first kappa shape index (κ1) is 25.5. The van der Waals surface area contributed by atoms with Gasteiger partial charge in [-0.05, 0) is 79.7 Å². The molecule has 9 heteroatoms. The number of thiocarbonyl (C=S) groups is 1. The summed E-state index contributed by atoms with van der Waals surface area (Å²) in [5.74, 6) is -0.741. The van der Waals surface area contributed by atoms with Gasteiger partial charge >= 0.3 is 0 Å². The van der Waals surface area contributed by atoms with E-state index in [0.717, 1.165) is 34.8 Å². The maximum atomic E-state index is 14.0. The third-order valence-corrected chi connectivity index (χ3v) is 7.30. The van der Waals surface area contributed by atoms with Crippen molar-refractivity contribution in [2.45, 2.75) is 38.9 Å². The Morgan fingerprint density at radius 1 is 1.08 bits per heavy atom. The van der Waals surface area contributed by atoms with Gasteiger partial charge in [0.25, 0.3) is 0 Å². The van der Waals surface area contributed by atoms with Crippen molar-refractivity contribution in [1.82, 2.24) is 24.8 Å². The Morgan fingerprint density at radius 3 is 2.58 bits per heavy atom. The number of rotatable bonds is 8. The Kier molecular flexibility index (Phi) is 7.46. The van der Waals surface area contributed by atoms with E-state index in [0.29, 0.717) is 11.7 Å². The number of amides is 1. The van der Waals surface area contributed by atoms with Crippen molar-refractivity contribution in [2.24, 2.45) is 0 Å². The van der Waals surface area contributed by atoms with Gasteiger partial charge < -0.3 is 20.1 Å². The molecule has 38 heavy (non-hydrogen) atoms. The maximum Gasteiger partial charge on any atom is 0.226 e. The first-order valence-electron chi connectivity index (χ1n) is 12.5. The number of nitrogens with one attached hydrogen (secondary N) is 2. The number of hydrogen-bond acceptors (Lipinski definition) is 4. The normalized spacial score (nSPS) is 16.9. The van der Waals surface area contributed by atoms with Crippen LogP contribution in [0.1, 0.15) is 46.7 Å². The second-order valence-corrected chi connectivity index (χ2v) is 9.75. The predicted molar refractivity (Wildman–Crippen MR) is 149 cm³/mol. The highest BCUT2D eigenvalue weighted by Crippen LogP contribution is 2.41. The summed E-state index contributed by atoms with van der Waals surface area (Å²) in [6, 6.07) is 17.8. The van der Waals surface area contributed by atoms with Gasteiger partial charge in [0.05, 0.1) is 23.5 Å². The second kappa shape index (κ2) is 11.1. The molecule has 0 spiro atoms. The Balaban J connectivity index is 1.43. The highest BCUT2D eigenvalue weighted by molar-refractivity contribution is 7.80. The first-order chi connectivity index (χ1) is 18.4. The summed E-state index contributed by atoms with van der Waals surface area (Å²) in [6.45, 7) is 5.31. The van der Waals surface area contributed by atoms with Gasteiger partial charge in [-0.3, -0.25) is 14.8 Å². The summed E-state index contributed by atoms with van der Waals surface area (Å²) < 4.78 is 16.3. The predicted octanol–water partition coefficient (Wildman–Crippen LogP) is 5.08. The van der Waals surface area contributed by atoms with Crippen molar-refractivity contribution in [3.8, 4) is 0 Å². The number of para-hydroxylation sites is 1. The van der Waals surface area contributed by atoms with Crippen molar-refractivity contribution in [3.05, 3.63) is 113 Å². The van der Waals surface area contributed by atoms with Crippen LogP contribution in [0.5, 0.6) is 0 Å². The number of aromatic nitrogens is 3. The maximum absolute atomic E-state index is 14.0. The number of nitrogens with zero attached hydrogens (tertiary/aromatic N) is 4. The molecular weight excluding hydrogens is 499 g/mol. The minimum Gasteiger partial charge on any atom is -0.352 e. The average molecular weight is 529 g/mol. The Bertz CT molecular complexity index is 1440. The molecule has 2 atom stereocenters. The fourth-order valence-electron chi connectivity index (χ4n) is 5.02. The molecule has 0 radical (unpaired) electrons.